The topological polar surface area (TPSA) is 114 Å². The fourth-order valence-corrected chi connectivity index (χ4v) is 3.44. The number of pyridine rings is 1. The van der Waals surface area contributed by atoms with Crippen LogP contribution >= 0.6 is 11.6 Å². The van der Waals surface area contributed by atoms with E-state index in [9.17, 15) is 9.90 Å². The molecule has 4 rings (SSSR count). The van der Waals surface area contributed by atoms with Gasteiger partial charge in [0.1, 0.15) is 17.5 Å². The Morgan fingerprint density at radius 3 is 2.71 bits per heavy atom. The molecule has 1 fully saturated rings. The van der Waals surface area contributed by atoms with E-state index in [4.69, 9.17) is 21.6 Å². The normalized spacial score (nSPS) is 16.9. The predicted molar refractivity (Wildman–Crippen MR) is 127 cm³/mol. The van der Waals surface area contributed by atoms with E-state index in [0.29, 0.717) is 18.0 Å². The summed E-state index contributed by atoms with van der Waals surface area (Å²) >= 11 is 6.39. The minimum Gasteiger partial charge on any atom is -0.437 e. The van der Waals surface area contributed by atoms with Crippen LogP contribution < -0.4 is 10.1 Å². The van der Waals surface area contributed by atoms with Crippen molar-refractivity contribution in [1.29, 1.82) is 5.26 Å². The average Bonchev–Trinajstić information content (AvgIpc) is 2.83. The summed E-state index contributed by atoms with van der Waals surface area (Å²) in [5.41, 5.74) is 2.73. The molecule has 2 amide bonds. The Kier molecular flexibility index (Phi) is 6.63. The maximum Gasteiger partial charge on any atom is 0.327 e. The fourth-order valence-electron chi connectivity index (χ4n) is 3.23. The second kappa shape index (κ2) is 9.79. The highest BCUT2D eigenvalue weighted by atomic mass is 35.5. The number of aliphatic hydroxyl groups is 1. The van der Waals surface area contributed by atoms with E-state index in [1.165, 1.54) is 11.9 Å². The van der Waals surface area contributed by atoms with Crippen molar-refractivity contribution in [2.75, 3.05) is 7.05 Å². The van der Waals surface area contributed by atoms with Gasteiger partial charge in [0.15, 0.2) is 0 Å². The molecule has 2 heterocycles. The molecular weight excluding hydrogens is 456 g/mol. The summed E-state index contributed by atoms with van der Waals surface area (Å²) in [6.45, 7) is 2.31. The molecule has 0 bridgehead atoms. The average molecular weight is 477 g/mol. The number of amides is 2. The summed E-state index contributed by atoms with van der Waals surface area (Å²) in [6, 6.07) is 19.0. The van der Waals surface area contributed by atoms with Crippen LogP contribution in [0.25, 0.3) is 0 Å². The van der Waals surface area contributed by atoms with Crippen LogP contribution in [0.2, 0.25) is 5.02 Å². The van der Waals surface area contributed by atoms with Crippen LogP contribution in [0.15, 0.2) is 65.7 Å². The number of benzene rings is 2. The quantitative estimate of drug-likeness (QED) is 0.572. The summed E-state index contributed by atoms with van der Waals surface area (Å²) in [6.07, 6.45) is -1.20. The lowest BCUT2D eigenvalue weighted by atomic mass is 10.1. The number of carbonyl (C=O) groups is 1. The van der Waals surface area contributed by atoms with Gasteiger partial charge in [-0.05, 0) is 36.8 Å². The number of aliphatic imine (C=N–C) groups is 1. The largest absolute Gasteiger partial charge is 0.437 e. The molecule has 1 aliphatic heterocycles. The monoisotopic (exact) mass is 476 g/mol. The van der Waals surface area contributed by atoms with Crippen LogP contribution in [0.3, 0.4) is 0 Å². The standard InChI is InChI=1S/C24H21ClN6O3/c1-15-6-8-16(9-7-15)14-31-22(29-23(32)30(2)24(31)33)28-17-10-11-20(19(25)12-17)34-21-5-3-4-18(13-26)27-21/h3-12,24,33H,14H2,1-2H3,(H,28,29,32). The molecule has 3 aromatic rings. The number of nitrogens with one attached hydrogen (secondary N) is 1. The second-order valence-corrected chi connectivity index (χ2v) is 8.03. The number of aliphatic hydroxyl groups excluding tert-OH is 1. The molecule has 9 nitrogen and oxygen atoms in total. The molecule has 1 aromatic heterocycles. The molecule has 2 N–H and O–H groups in total. The number of urea groups is 1. The van der Waals surface area contributed by atoms with E-state index < -0.39 is 12.4 Å². The Labute approximate surface area is 201 Å². The third-order valence-electron chi connectivity index (χ3n) is 5.11. The van der Waals surface area contributed by atoms with E-state index in [-0.39, 0.29) is 22.6 Å². The zero-order valence-electron chi connectivity index (χ0n) is 18.4. The molecule has 172 valence electrons. The Bertz CT molecular complexity index is 1290. The van der Waals surface area contributed by atoms with E-state index in [1.54, 1.807) is 41.3 Å². The van der Waals surface area contributed by atoms with Crippen molar-refractivity contribution < 1.29 is 14.6 Å². The lowest BCUT2D eigenvalue weighted by Gasteiger charge is -2.40. The Hall–Kier alpha value is -4.13. The summed E-state index contributed by atoms with van der Waals surface area (Å²) in [5.74, 6) is 0.747. The van der Waals surface area contributed by atoms with Gasteiger partial charge in [-0.1, -0.05) is 47.5 Å². The predicted octanol–water partition coefficient (Wildman–Crippen LogP) is 4.13. The van der Waals surface area contributed by atoms with Crippen molar-refractivity contribution in [3.63, 3.8) is 0 Å². The number of rotatable bonds is 5. The summed E-state index contributed by atoms with van der Waals surface area (Å²) in [5, 5.41) is 22.7. The molecule has 0 radical (unpaired) electrons. The highest BCUT2D eigenvalue weighted by molar-refractivity contribution is 6.32. The van der Waals surface area contributed by atoms with Gasteiger partial charge < -0.3 is 9.84 Å². The third-order valence-corrected chi connectivity index (χ3v) is 5.41. The van der Waals surface area contributed by atoms with Crippen molar-refractivity contribution in [2.24, 2.45) is 4.99 Å². The summed E-state index contributed by atoms with van der Waals surface area (Å²) in [4.78, 5) is 23.6. The van der Waals surface area contributed by atoms with Crippen LogP contribution in [0.5, 0.6) is 11.6 Å². The number of carbonyl (C=O) groups excluding carboxylic acids is 1. The van der Waals surface area contributed by atoms with Crippen molar-refractivity contribution in [1.82, 2.24) is 20.1 Å². The SMILES string of the molecule is Cc1ccc(CN2C(=Nc3ccc(Oc4cccc(C#N)n4)c(Cl)c3)NC(=O)N(C)C2O)cc1. The van der Waals surface area contributed by atoms with Crippen LogP contribution in [-0.4, -0.2) is 45.3 Å². The van der Waals surface area contributed by atoms with Crippen molar-refractivity contribution >= 4 is 29.3 Å². The number of aryl methyl sites for hydroxylation is 1. The van der Waals surface area contributed by atoms with Gasteiger partial charge in [-0.3, -0.25) is 15.1 Å². The highest BCUT2D eigenvalue weighted by Gasteiger charge is 2.34. The van der Waals surface area contributed by atoms with Gasteiger partial charge in [-0.25, -0.2) is 14.8 Å². The molecule has 1 unspecified atom stereocenters. The molecule has 1 saturated heterocycles. The minimum absolute atomic E-state index is 0.185. The van der Waals surface area contributed by atoms with Crippen molar-refractivity contribution in [3.05, 3.63) is 82.5 Å². The maximum atomic E-state index is 12.3. The maximum absolute atomic E-state index is 12.3. The molecule has 10 heteroatoms. The number of hydrogen-bond donors (Lipinski definition) is 2. The fraction of sp³-hybridized carbons (Fsp3) is 0.167. The molecule has 2 aromatic carbocycles. The Morgan fingerprint density at radius 1 is 1.24 bits per heavy atom. The zero-order valence-corrected chi connectivity index (χ0v) is 19.2. The first-order valence-corrected chi connectivity index (χ1v) is 10.7. The summed E-state index contributed by atoms with van der Waals surface area (Å²) in [7, 11) is 1.50. The zero-order chi connectivity index (χ0) is 24.2. The number of halogens is 1. The van der Waals surface area contributed by atoms with Gasteiger partial charge in [0.2, 0.25) is 18.2 Å². The van der Waals surface area contributed by atoms with Gasteiger partial charge in [0, 0.05) is 13.1 Å². The van der Waals surface area contributed by atoms with Gasteiger partial charge in [-0.2, -0.15) is 5.26 Å². The van der Waals surface area contributed by atoms with Gasteiger partial charge in [0.25, 0.3) is 0 Å². The minimum atomic E-state index is -1.20. The molecule has 0 saturated carbocycles. The number of hydrogen-bond acceptors (Lipinski definition) is 6. The van der Waals surface area contributed by atoms with Crippen LogP contribution in [0, 0.1) is 18.3 Å². The van der Waals surface area contributed by atoms with Gasteiger partial charge >= 0.3 is 6.03 Å². The van der Waals surface area contributed by atoms with E-state index >= 15 is 0 Å². The smallest absolute Gasteiger partial charge is 0.327 e. The third kappa shape index (κ3) is 5.09. The van der Waals surface area contributed by atoms with Crippen LogP contribution in [-0.2, 0) is 6.54 Å². The van der Waals surface area contributed by atoms with E-state index in [0.717, 1.165) is 11.1 Å². The second-order valence-electron chi connectivity index (χ2n) is 7.63. The van der Waals surface area contributed by atoms with Crippen LogP contribution in [0.1, 0.15) is 16.8 Å². The van der Waals surface area contributed by atoms with Crippen LogP contribution in [0.4, 0.5) is 10.5 Å². The van der Waals surface area contributed by atoms with Gasteiger partial charge in [0.05, 0.1) is 17.3 Å². The number of guanidine groups is 1. The van der Waals surface area contributed by atoms with Gasteiger partial charge in [-0.15, -0.1) is 0 Å². The van der Waals surface area contributed by atoms with Crippen molar-refractivity contribution in [3.8, 4) is 17.7 Å². The first-order chi connectivity index (χ1) is 16.3. The molecule has 1 aliphatic rings. The lowest BCUT2D eigenvalue weighted by Crippen LogP contribution is -2.63. The summed E-state index contributed by atoms with van der Waals surface area (Å²) < 4.78 is 5.69. The molecule has 34 heavy (non-hydrogen) atoms. The first-order valence-electron chi connectivity index (χ1n) is 10.3. The molecular formula is C24H21ClN6O3. The lowest BCUT2D eigenvalue weighted by molar-refractivity contribution is -0.0579. The Morgan fingerprint density at radius 2 is 2.00 bits per heavy atom. The number of nitriles is 1. The van der Waals surface area contributed by atoms with E-state index in [2.05, 4.69) is 15.3 Å². The molecule has 0 aliphatic carbocycles. The Balaban J connectivity index is 1.60. The highest BCUT2D eigenvalue weighted by Crippen LogP contribution is 2.32. The molecule has 1 atom stereocenters. The van der Waals surface area contributed by atoms with E-state index in [1.807, 2.05) is 37.3 Å². The molecule has 0 spiro atoms. The number of ether oxygens (including phenoxy) is 1. The number of aromatic nitrogens is 1. The first kappa shape index (κ1) is 23.0. The van der Waals surface area contributed by atoms with Crippen molar-refractivity contribution in [2.45, 2.75) is 19.8 Å². The number of nitrogens with zero attached hydrogens (tertiary/aromatic N) is 5.